The highest BCUT2D eigenvalue weighted by molar-refractivity contribution is 7.84. The van der Waals surface area contributed by atoms with Gasteiger partial charge in [-0.25, -0.2) is 13.7 Å². The molecular weight excluding hydrogens is 276 g/mol. The van der Waals surface area contributed by atoms with Gasteiger partial charge in [0, 0.05) is 19.1 Å². The van der Waals surface area contributed by atoms with Crippen molar-refractivity contribution in [2.75, 3.05) is 13.1 Å². The average Bonchev–Trinajstić information content (AvgIpc) is 2.25. The maximum atomic E-state index is 12.1. The van der Waals surface area contributed by atoms with E-state index in [1.165, 1.54) is 0 Å². The standard InChI is InChI=1S/C14H28N2O3S/c1-13(2,3)19-12(17)16-9-7-8-11(10-16)15-20(18)14(4,5)6/h11,15H,7-10H2,1-6H3. The minimum atomic E-state index is -1.11. The molecule has 2 unspecified atom stereocenters. The van der Waals surface area contributed by atoms with Gasteiger partial charge in [-0.05, 0) is 54.4 Å². The highest BCUT2D eigenvalue weighted by atomic mass is 32.2. The average molecular weight is 304 g/mol. The van der Waals surface area contributed by atoms with Gasteiger partial charge in [-0.15, -0.1) is 0 Å². The fraction of sp³-hybridized carbons (Fsp3) is 0.929. The Kier molecular flexibility index (Phi) is 5.61. The lowest BCUT2D eigenvalue weighted by atomic mass is 10.1. The molecule has 1 aliphatic heterocycles. The molecular formula is C14H28N2O3S. The number of carbonyl (C=O) groups excluding carboxylic acids is 1. The highest BCUT2D eigenvalue weighted by Gasteiger charge is 2.30. The lowest BCUT2D eigenvalue weighted by molar-refractivity contribution is 0.0195. The van der Waals surface area contributed by atoms with Crippen LogP contribution in [0.5, 0.6) is 0 Å². The van der Waals surface area contributed by atoms with Crippen molar-refractivity contribution in [2.45, 2.75) is 70.8 Å². The van der Waals surface area contributed by atoms with Crippen LogP contribution in [-0.4, -0.2) is 44.7 Å². The zero-order valence-electron chi connectivity index (χ0n) is 13.5. The number of amides is 1. The van der Waals surface area contributed by atoms with Gasteiger partial charge < -0.3 is 9.64 Å². The number of nitrogens with zero attached hydrogens (tertiary/aromatic N) is 1. The van der Waals surface area contributed by atoms with Gasteiger partial charge in [-0.2, -0.15) is 0 Å². The smallest absolute Gasteiger partial charge is 0.410 e. The number of hydrogen-bond acceptors (Lipinski definition) is 3. The summed E-state index contributed by atoms with van der Waals surface area (Å²) in [6, 6.07) is 0.0660. The predicted octanol–water partition coefficient (Wildman–Crippen LogP) is 2.44. The molecule has 1 amide bonds. The van der Waals surface area contributed by atoms with E-state index in [0.717, 1.165) is 12.8 Å². The van der Waals surface area contributed by atoms with Crippen LogP contribution < -0.4 is 4.72 Å². The van der Waals surface area contributed by atoms with Crippen molar-refractivity contribution in [3.8, 4) is 0 Å². The van der Waals surface area contributed by atoms with Crippen LogP contribution in [0.2, 0.25) is 0 Å². The van der Waals surface area contributed by atoms with Gasteiger partial charge in [-0.3, -0.25) is 0 Å². The van der Waals surface area contributed by atoms with Gasteiger partial charge in [0.1, 0.15) is 5.60 Å². The van der Waals surface area contributed by atoms with E-state index in [4.69, 9.17) is 4.74 Å². The minimum absolute atomic E-state index is 0.0660. The summed E-state index contributed by atoms with van der Waals surface area (Å²) in [5.74, 6) is 0. The molecule has 118 valence electrons. The Balaban J connectivity index is 2.55. The van der Waals surface area contributed by atoms with Gasteiger partial charge in [0.05, 0.1) is 15.7 Å². The van der Waals surface area contributed by atoms with Crippen LogP contribution in [-0.2, 0) is 15.7 Å². The molecule has 0 spiro atoms. The molecule has 0 aromatic carbocycles. The summed E-state index contributed by atoms with van der Waals surface area (Å²) in [6.07, 6.45) is 1.55. The quantitative estimate of drug-likeness (QED) is 0.852. The SMILES string of the molecule is CC(C)(C)OC(=O)N1CCCC(NS(=O)C(C)(C)C)C1. The van der Waals surface area contributed by atoms with Gasteiger partial charge >= 0.3 is 6.09 Å². The Hall–Kier alpha value is -0.620. The van der Waals surface area contributed by atoms with Crippen LogP contribution in [0.25, 0.3) is 0 Å². The van der Waals surface area contributed by atoms with E-state index in [-0.39, 0.29) is 16.9 Å². The van der Waals surface area contributed by atoms with E-state index in [1.807, 2.05) is 41.5 Å². The first-order chi connectivity index (χ1) is 8.99. The molecule has 0 aromatic rings. The molecule has 1 rings (SSSR count). The maximum Gasteiger partial charge on any atom is 0.410 e. The summed E-state index contributed by atoms with van der Waals surface area (Å²) in [5, 5.41) is 0. The second-order valence-corrected chi connectivity index (χ2v) is 9.26. The molecule has 0 aliphatic carbocycles. The van der Waals surface area contributed by atoms with E-state index in [2.05, 4.69) is 4.72 Å². The summed E-state index contributed by atoms with van der Waals surface area (Å²) in [6.45, 7) is 12.6. The Morgan fingerprint density at radius 2 is 1.85 bits per heavy atom. The summed E-state index contributed by atoms with van der Waals surface area (Å²) < 4.78 is 20.3. The summed E-state index contributed by atoms with van der Waals surface area (Å²) >= 11 is 0. The van der Waals surface area contributed by atoms with Crippen molar-refractivity contribution in [1.29, 1.82) is 0 Å². The van der Waals surface area contributed by atoms with E-state index in [0.29, 0.717) is 13.1 Å². The van der Waals surface area contributed by atoms with Crippen LogP contribution in [0.3, 0.4) is 0 Å². The second-order valence-electron chi connectivity index (χ2n) is 7.26. The minimum Gasteiger partial charge on any atom is -0.444 e. The van der Waals surface area contributed by atoms with Crippen molar-refractivity contribution >= 4 is 17.1 Å². The lowest BCUT2D eigenvalue weighted by Crippen LogP contribution is -2.51. The van der Waals surface area contributed by atoms with E-state index >= 15 is 0 Å². The van der Waals surface area contributed by atoms with E-state index < -0.39 is 16.6 Å². The monoisotopic (exact) mass is 304 g/mol. The Morgan fingerprint density at radius 1 is 1.25 bits per heavy atom. The molecule has 20 heavy (non-hydrogen) atoms. The predicted molar refractivity (Wildman–Crippen MR) is 81.9 cm³/mol. The Bertz CT molecular complexity index is 372. The number of nitrogens with one attached hydrogen (secondary N) is 1. The topological polar surface area (TPSA) is 58.6 Å². The first kappa shape index (κ1) is 17.4. The fourth-order valence-electron chi connectivity index (χ4n) is 1.89. The third kappa shape index (κ3) is 5.79. The molecule has 1 aliphatic rings. The summed E-state index contributed by atoms with van der Waals surface area (Å²) in [5.41, 5.74) is -0.480. The Labute approximate surface area is 125 Å². The molecule has 5 nitrogen and oxygen atoms in total. The first-order valence-electron chi connectivity index (χ1n) is 7.15. The lowest BCUT2D eigenvalue weighted by Gasteiger charge is -2.35. The number of rotatable bonds is 2. The largest absolute Gasteiger partial charge is 0.444 e. The van der Waals surface area contributed by atoms with Crippen molar-refractivity contribution < 1.29 is 13.7 Å². The van der Waals surface area contributed by atoms with Gasteiger partial charge in [0.25, 0.3) is 0 Å². The van der Waals surface area contributed by atoms with E-state index in [9.17, 15) is 9.00 Å². The van der Waals surface area contributed by atoms with Crippen molar-refractivity contribution in [1.82, 2.24) is 9.62 Å². The molecule has 1 fully saturated rings. The van der Waals surface area contributed by atoms with Crippen molar-refractivity contribution in [2.24, 2.45) is 0 Å². The van der Waals surface area contributed by atoms with Crippen LogP contribution >= 0.6 is 0 Å². The Morgan fingerprint density at radius 3 is 2.35 bits per heavy atom. The molecule has 2 atom stereocenters. The molecule has 0 saturated carbocycles. The van der Waals surface area contributed by atoms with Gasteiger partial charge in [0.2, 0.25) is 0 Å². The number of carbonyl (C=O) groups is 1. The van der Waals surface area contributed by atoms with Crippen molar-refractivity contribution in [3.63, 3.8) is 0 Å². The van der Waals surface area contributed by atoms with Crippen LogP contribution in [0.4, 0.5) is 4.79 Å². The van der Waals surface area contributed by atoms with Crippen molar-refractivity contribution in [3.05, 3.63) is 0 Å². The summed E-state index contributed by atoms with van der Waals surface area (Å²) in [7, 11) is -1.11. The fourth-order valence-corrected chi connectivity index (χ4v) is 2.74. The zero-order chi connectivity index (χ0) is 15.6. The molecule has 1 saturated heterocycles. The highest BCUT2D eigenvalue weighted by Crippen LogP contribution is 2.17. The van der Waals surface area contributed by atoms with Gasteiger partial charge in [0.15, 0.2) is 0 Å². The first-order valence-corrected chi connectivity index (χ1v) is 8.30. The molecule has 6 heteroatoms. The van der Waals surface area contributed by atoms with Crippen LogP contribution in [0.1, 0.15) is 54.4 Å². The maximum absolute atomic E-state index is 12.1. The number of ether oxygens (including phenoxy) is 1. The number of hydrogen-bond donors (Lipinski definition) is 1. The molecule has 1 heterocycles. The molecule has 0 aromatic heterocycles. The normalized spacial score (nSPS) is 22.5. The van der Waals surface area contributed by atoms with Crippen LogP contribution in [0.15, 0.2) is 0 Å². The zero-order valence-corrected chi connectivity index (χ0v) is 14.3. The summed E-state index contributed by atoms with van der Waals surface area (Å²) in [4.78, 5) is 13.7. The number of likely N-dealkylation sites (tertiary alicyclic amines) is 1. The molecule has 0 radical (unpaired) electrons. The third-order valence-electron chi connectivity index (χ3n) is 2.90. The van der Waals surface area contributed by atoms with Crippen LogP contribution in [0, 0.1) is 0 Å². The number of piperidine rings is 1. The molecule has 0 bridgehead atoms. The van der Waals surface area contributed by atoms with Gasteiger partial charge in [-0.1, -0.05) is 0 Å². The third-order valence-corrected chi connectivity index (χ3v) is 4.56. The molecule has 1 N–H and O–H groups in total. The second kappa shape index (κ2) is 6.43. The van der Waals surface area contributed by atoms with E-state index in [1.54, 1.807) is 4.90 Å².